The largest absolute Gasteiger partial charge is 0.372 e. The van der Waals surface area contributed by atoms with E-state index in [1.54, 1.807) is 0 Å². The van der Waals surface area contributed by atoms with Crippen LogP contribution < -0.4 is 4.90 Å². The summed E-state index contributed by atoms with van der Waals surface area (Å²) in [7, 11) is 3.79. The number of hydrogen-bond acceptors (Lipinski definition) is 1. The number of benzene rings is 1. The van der Waals surface area contributed by atoms with Crippen LogP contribution in [0, 0.1) is 0 Å². The van der Waals surface area contributed by atoms with E-state index >= 15 is 0 Å². The van der Waals surface area contributed by atoms with Gasteiger partial charge in [0.1, 0.15) is 0 Å². The molecular formula is C13H20NSi. The van der Waals surface area contributed by atoms with Crippen LogP contribution in [0.5, 0.6) is 0 Å². The molecule has 15 heavy (non-hydrogen) atoms. The minimum atomic E-state index is 0.460. The first kappa shape index (κ1) is 12.3. The zero-order chi connectivity index (χ0) is 11.3. The summed E-state index contributed by atoms with van der Waals surface area (Å²) in [5.74, 6) is 0. The van der Waals surface area contributed by atoms with Crippen molar-refractivity contribution in [1.29, 1.82) is 0 Å². The number of para-hydroxylation sites is 1. The predicted molar refractivity (Wildman–Crippen MR) is 68.8 cm³/mol. The minimum Gasteiger partial charge on any atom is -0.372 e. The van der Waals surface area contributed by atoms with Gasteiger partial charge in [0.25, 0.3) is 0 Å². The lowest BCUT2D eigenvalue weighted by atomic mass is 10.1. The second-order valence-electron chi connectivity index (χ2n) is 3.69. The van der Waals surface area contributed by atoms with Crippen molar-refractivity contribution in [3.63, 3.8) is 0 Å². The number of hydrogen-bond donors (Lipinski definition) is 0. The van der Waals surface area contributed by atoms with E-state index in [9.17, 15) is 0 Å². The molecule has 0 spiro atoms. The third-order valence-electron chi connectivity index (χ3n) is 2.82. The van der Waals surface area contributed by atoms with Gasteiger partial charge in [0.15, 0.2) is 0 Å². The van der Waals surface area contributed by atoms with Crippen LogP contribution in [0.2, 0.25) is 0 Å². The molecule has 1 aromatic carbocycles. The van der Waals surface area contributed by atoms with Crippen molar-refractivity contribution in [2.45, 2.75) is 32.7 Å². The van der Waals surface area contributed by atoms with Crippen LogP contribution in [0.25, 0.3) is 0 Å². The van der Waals surface area contributed by atoms with Gasteiger partial charge in [0.05, 0.1) is 0 Å². The molecule has 3 radical (unpaired) electrons. The topological polar surface area (TPSA) is 3.24 Å². The number of rotatable bonds is 5. The lowest BCUT2D eigenvalue weighted by Crippen LogP contribution is -2.23. The van der Waals surface area contributed by atoms with Crippen LogP contribution in [0.3, 0.4) is 0 Å². The van der Waals surface area contributed by atoms with Gasteiger partial charge in [-0.25, -0.2) is 0 Å². The van der Waals surface area contributed by atoms with Crippen molar-refractivity contribution in [2.75, 3.05) is 18.0 Å². The molecule has 0 heterocycles. The Labute approximate surface area is 96.9 Å². The van der Waals surface area contributed by atoms with Crippen LogP contribution in [0.4, 0.5) is 5.69 Å². The van der Waals surface area contributed by atoms with E-state index in [0.717, 1.165) is 19.5 Å². The Morgan fingerprint density at radius 3 is 2.27 bits per heavy atom. The monoisotopic (exact) mass is 218 g/mol. The van der Waals surface area contributed by atoms with Gasteiger partial charge < -0.3 is 4.90 Å². The van der Waals surface area contributed by atoms with Gasteiger partial charge in [-0.3, -0.25) is 0 Å². The maximum atomic E-state index is 3.79. The van der Waals surface area contributed by atoms with E-state index in [0.29, 0.717) is 5.54 Å². The molecule has 1 aromatic rings. The zero-order valence-electron chi connectivity index (χ0n) is 9.96. The normalized spacial score (nSPS) is 12.5. The molecule has 0 aliphatic carbocycles. The van der Waals surface area contributed by atoms with Gasteiger partial charge >= 0.3 is 0 Å². The second kappa shape index (κ2) is 5.96. The summed E-state index contributed by atoms with van der Waals surface area (Å²) in [6, 6.07) is 8.66. The van der Waals surface area contributed by atoms with Crippen LogP contribution >= 0.6 is 0 Å². The molecule has 2 heteroatoms. The molecule has 1 nitrogen and oxygen atoms in total. The average molecular weight is 218 g/mol. The smallest absolute Gasteiger partial charge is 0.0398 e. The third-order valence-corrected chi connectivity index (χ3v) is 3.54. The molecule has 1 rings (SSSR count). The molecule has 1 unspecified atom stereocenters. The summed E-state index contributed by atoms with van der Waals surface area (Å²) in [5.41, 5.74) is 3.23. The van der Waals surface area contributed by atoms with Gasteiger partial charge in [-0.05, 0) is 31.0 Å². The van der Waals surface area contributed by atoms with Crippen LogP contribution in [-0.4, -0.2) is 23.3 Å². The Balaban J connectivity index is 3.04. The summed E-state index contributed by atoms with van der Waals surface area (Å²) in [6.45, 7) is 8.74. The molecule has 81 valence electrons. The summed E-state index contributed by atoms with van der Waals surface area (Å²) in [5, 5.41) is 0. The van der Waals surface area contributed by atoms with Crippen molar-refractivity contribution in [3.05, 3.63) is 29.8 Å². The predicted octanol–water partition coefficient (Wildman–Crippen LogP) is 3.15. The Bertz CT molecular complexity index is 294. The lowest BCUT2D eigenvalue weighted by molar-refractivity contribution is 0.829. The maximum Gasteiger partial charge on any atom is 0.0398 e. The molecule has 0 bridgehead atoms. The van der Waals surface area contributed by atoms with E-state index in [4.69, 9.17) is 0 Å². The molecule has 1 atom stereocenters. The fourth-order valence-electron chi connectivity index (χ4n) is 1.85. The van der Waals surface area contributed by atoms with Gasteiger partial charge in [0, 0.05) is 29.0 Å². The number of anilines is 1. The summed E-state index contributed by atoms with van der Waals surface area (Å²) in [6.07, 6.45) is 1.12. The highest BCUT2D eigenvalue weighted by Gasteiger charge is 2.11. The Morgan fingerprint density at radius 1 is 1.13 bits per heavy atom. The van der Waals surface area contributed by atoms with E-state index < -0.39 is 0 Å². The second-order valence-corrected chi connectivity index (χ2v) is 4.39. The van der Waals surface area contributed by atoms with Gasteiger partial charge in [-0.2, -0.15) is 0 Å². The van der Waals surface area contributed by atoms with Crippen LogP contribution in [0.15, 0.2) is 24.3 Å². The van der Waals surface area contributed by atoms with Crippen molar-refractivity contribution >= 4 is 15.9 Å². The molecule has 0 saturated carbocycles. The average Bonchev–Trinajstić information content (AvgIpc) is 2.30. The van der Waals surface area contributed by atoms with Crippen LogP contribution in [0.1, 0.15) is 38.3 Å². The molecule has 0 fully saturated rings. The summed E-state index contributed by atoms with van der Waals surface area (Å²) in [4.78, 5) is 2.40. The Kier molecular flexibility index (Phi) is 4.89. The molecule has 0 aliphatic rings. The first-order valence-electron chi connectivity index (χ1n) is 5.79. The van der Waals surface area contributed by atoms with Gasteiger partial charge in [-0.15, -0.1) is 0 Å². The summed E-state index contributed by atoms with van der Waals surface area (Å²) >= 11 is 0. The standard InChI is InChI=1S/C13H20NSi/c1-4-13(15)11-9-7-8-10-12(11)14(5-2)6-3/h7-10,13H,4-6H2,1-3H3. The highest BCUT2D eigenvalue weighted by molar-refractivity contribution is 6.13. The zero-order valence-corrected chi connectivity index (χ0v) is 11.0. The Morgan fingerprint density at radius 2 is 1.73 bits per heavy atom. The molecule has 0 N–H and O–H groups in total. The SMILES string of the molecule is CCC([Si])c1ccccc1N(CC)CC. The molecule has 0 aromatic heterocycles. The lowest BCUT2D eigenvalue weighted by Gasteiger charge is -2.26. The van der Waals surface area contributed by atoms with E-state index in [2.05, 4.69) is 60.2 Å². The summed E-state index contributed by atoms with van der Waals surface area (Å²) < 4.78 is 0. The van der Waals surface area contributed by atoms with Crippen LogP contribution in [-0.2, 0) is 0 Å². The van der Waals surface area contributed by atoms with E-state index in [-0.39, 0.29) is 0 Å². The first-order valence-corrected chi connectivity index (χ1v) is 6.37. The highest BCUT2D eigenvalue weighted by Crippen LogP contribution is 2.27. The van der Waals surface area contributed by atoms with E-state index in [1.807, 2.05) is 0 Å². The van der Waals surface area contributed by atoms with Crippen molar-refractivity contribution < 1.29 is 0 Å². The quantitative estimate of drug-likeness (QED) is 0.686. The molecule has 0 amide bonds. The highest BCUT2D eigenvalue weighted by atomic mass is 28.1. The fourth-order valence-corrected chi connectivity index (χ4v) is 2.10. The number of nitrogens with zero attached hydrogens (tertiary/aromatic N) is 1. The minimum absolute atomic E-state index is 0.460. The molecule has 0 saturated heterocycles. The fraction of sp³-hybridized carbons (Fsp3) is 0.538. The van der Waals surface area contributed by atoms with Crippen molar-refractivity contribution in [1.82, 2.24) is 0 Å². The molecule has 0 aliphatic heterocycles. The van der Waals surface area contributed by atoms with Crippen molar-refractivity contribution in [3.8, 4) is 0 Å². The van der Waals surface area contributed by atoms with E-state index in [1.165, 1.54) is 11.3 Å². The maximum absolute atomic E-state index is 3.79. The van der Waals surface area contributed by atoms with Gasteiger partial charge in [0.2, 0.25) is 0 Å². The van der Waals surface area contributed by atoms with Gasteiger partial charge in [-0.1, -0.05) is 31.5 Å². The Hall–Kier alpha value is -0.763. The van der Waals surface area contributed by atoms with Crippen molar-refractivity contribution in [2.24, 2.45) is 0 Å². The molecular weight excluding hydrogens is 198 g/mol. The third kappa shape index (κ3) is 2.85. The first-order chi connectivity index (χ1) is 7.24.